The molecule has 10 heteroatoms. The van der Waals surface area contributed by atoms with Crippen molar-refractivity contribution in [3.63, 3.8) is 0 Å². The van der Waals surface area contributed by atoms with Crippen LogP contribution in [0.25, 0.3) is 0 Å². The predicted octanol–water partition coefficient (Wildman–Crippen LogP) is 4.81. The van der Waals surface area contributed by atoms with Crippen LogP contribution in [0.15, 0.2) is 58.4 Å². The summed E-state index contributed by atoms with van der Waals surface area (Å²) in [4.78, 5) is 60.2. The van der Waals surface area contributed by atoms with Crippen LogP contribution >= 0.6 is 23.1 Å². The van der Waals surface area contributed by atoms with E-state index in [1.807, 2.05) is 60.4 Å². The standard InChI is InChI=1S/C33H33N3O5S2/c1-17-5-9-19(10-6-17)36-31(38)26-21-15-22(27(26)32(36)39)28-25(21)24(29-30(42-28)34-33(40)43-29)18-7-11-20(12-8-18)41-16-23(37)35-13-3-2-4-14-35/h5-12,21-22,24-28H,2-4,13-16H2,1H3,(H,34,40)/t21-,22-,24+,25-,26+,27+,28-/m1/s1. The van der Waals surface area contributed by atoms with Gasteiger partial charge in [-0.25, -0.2) is 0 Å². The van der Waals surface area contributed by atoms with Crippen molar-refractivity contribution < 1.29 is 19.1 Å². The molecule has 2 aliphatic carbocycles. The summed E-state index contributed by atoms with van der Waals surface area (Å²) in [6, 6.07) is 15.5. The van der Waals surface area contributed by atoms with E-state index < -0.39 is 0 Å². The lowest BCUT2D eigenvalue weighted by atomic mass is 9.68. The first-order valence-electron chi connectivity index (χ1n) is 15.2. The number of piperidine rings is 1. The zero-order valence-electron chi connectivity index (χ0n) is 23.9. The van der Waals surface area contributed by atoms with Crippen molar-refractivity contribution in [2.24, 2.45) is 29.6 Å². The average molecular weight is 616 g/mol. The molecule has 1 aromatic heterocycles. The van der Waals surface area contributed by atoms with Crippen molar-refractivity contribution in [1.82, 2.24) is 9.88 Å². The number of H-pyrrole nitrogens is 1. The summed E-state index contributed by atoms with van der Waals surface area (Å²) in [5, 5.41) is 1.03. The number of benzene rings is 2. The molecule has 3 amide bonds. The molecule has 2 bridgehead atoms. The highest BCUT2D eigenvalue weighted by Gasteiger charge is 2.69. The van der Waals surface area contributed by atoms with Crippen LogP contribution in [0, 0.1) is 36.5 Å². The average Bonchev–Trinajstić information content (AvgIpc) is 3.76. The van der Waals surface area contributed by atoms with Crippen LogP contribution < -0.4 is 14.5 Å². The van der Waals surface area contributed by atoms with Crippen molar-refractivity contribution >= 4 is 46.5 Å². The van der Waals surface area contributed by atoms with Gasteiger partial charge in [0.05, 0.1) is 22.5 Å². The number of imide groups is 1. The van der Waals surface area contributed by atoms with Crippen LogP contribution in [0.5, 0.6) is 5.75 Å². The van der Waals surface area contributed by atoms with E-state index >= 15 is 0 Å². The molecule has 0 spiro atoms. The number of likely N-dealkylation sites (tertiary alicyclic amines) is 1. The van der Waals surface area contributed by atoms with Crippen molar-refractivity contribution in [2.45, 2.75) is 48.8 Å². The molecule has 7 atom stereocenters. The van der Waals surface area contributed by atoms with Gasteiger partial charge in [0.1, 0.15) is 5.75 Å². The first-order valence-corrected chi connectivity index (χ1v) is 16.9. The van der Waals surface area contributed by atoms with Crippen LogP contribution in [-0.4, -0.2) is 52.6 Å². The second-order valence-corrected chi connectivity index (χ2v) is 14.8. The number of nitrogens with one attached hydrogen (secondary N) is 1. The predicted molar refractivity (Wildman–Crippen MR) is 165 cm³/mol. The number of fused-ring (bicyclic) bond motifs is 9. The van der Waals surface area contributed by atoms with Gasteiger partial charge in [-0.15, -0.1) is 11.8 Å². The van der Waals surface area contributed by atoms with E-state index in [1.165, 1.54) is 22.7 Å². The van der Waals surface area contributed by atoms with Gasteiger partial charge in [-0.1, -0.05) is 41.2 Å². The summed E-state index contributed by atoms with van der Waals surface area (Å²) in [6.45, 7) is 3.61. The van der Waals surface area contributed by atoms with E-state index in [0.29, 0.717) is 11.4 Å². The molecule has 8 rings (SSSR count). The number of aromatic nitrogens is 1. The molecule has 2 saturated carbocycles. The van der Waals surface area contributed by atoms with Gasteiger partial charge in [0.25, 0.3) is 5.91 Å². The first kappa shape index (κ1) is 27.2. The fourth-order valence-corrected chi connectivity index (χ4v) is 11.4. The van der Waals surface area contributed by atoms with Gasteiger partial charge >= 0.3 is 4.87 Å². The summed E-state index contributed by atoms with van der Waals surface area (Å²) >= 11 is 2.95. The minimum Gasteiger partial charge on any atom is -0.484 e. The molecule has 0 unspecified atom stereocenters. The Morgan fingerprint density at radius 2 is 1.63 bits per heavy atom. The Hall–Kier alpha value is -3.37. The maximum atomic E-state index is 13.9. The van der Waals surface area contributed by atoms with E-state index in [9.17, 15) is 19.2 Å². The molecule has 3 aliphatic heterocycles. The number of amides is 3. The molecule has 4 heterocycles. The SMILES string of the molecule is Cc1ccc(N2C(=O)[C@H]3[C@H]4C[C@@H]([C@@H]3C2=O)[C@@H]2[C@H](c3ccc(OCC(=O)N5CCCCC5)cc3)c3sc(=O)[nH]c3S[C@H]42)cc1. The smallest absolute Gasteiger partial charge is 0.305 e. The Bertz CT molecular complexity index is 1660. The van der Waals surface area contributed by atoms with Gasteiger partial charge in [-0.2, -0.15) is 0 Å². The molecular formula is C33H33N3O5S2. The van der Waals surface area contributed by atoms with Crippen molar-refractivity contribution in [3.05, 3.63) is 74.2 Å². The zero-order valence-corrected chi connectivity index (χ0v) is 25.5. The third-order valence-electron chi connectivity index (χ3n) is 10.3. The zero-order chi connectivity index (χ0) is 29.4. The second-order valence-electron chi connectivity index (χ2n) is 12.6. The summed E-state index contributed by atoms with van der Waals surface area (Å²) in [6.07, 6.45) is 4.11. The van der Waals surface area contributed by atoms with Crippen molar-refractivity contribution in [3.8, 4) is 5.75 Å². The number of hydrogen-bond donors (Lipinski definition) is 1. The number of thiazole rings is 1. The van der Waals surface area contributed by atoms with Crippen LogP contribution in [-0.2, 0) is 14.4 Å². The number of rotatable bonds is 5. The fraction of sp³-hybridized carbons (Fsp3) is 0.455. The van der Waals surface area contributed by atoms with Crippen LogP contribution in [0.2, 0.25) is 0 Å². The van der Waals surface area contributed by atoms with Crippen molar-refractivity contribution in [2.75, 3.05) is 24.6 Å². The molecule has 1 N–H and O–H groups in total. The Morgan fingerprint density at radius 1 is 0.930 bits per heavy atom. The Kier molecular flexibility index (Phi) is 6.56. The summed E-state index contributed by atoms with van der Waals surface area (Å²) < 4.78 is 5.88. The number of ether oxygens (including phenoxy) is 1. The quantitative estimate of drug-likeness (QED) is 0.414. The lowest BCUT2D eigenvalue weighted by Gasteiger charge is -2.43. The van der Waals surface area contributed by atoms with Gasteiger partial charge in [-0.05, 0) is 80.2 Å². The fourth-order valence-electron chi connectivity index (χ4n) is 8.49. The van der Waals surface area contributed by atoms with Gasteiger partial charge in [0.15, 0.2) is 6.61 Å². The van der Waals surface area contributed by atoms with E-state index in [1.54, 1.807) is 11.8 Å². The first-order chi connectivity index (χ1) is 20.9. The van der Waals surface area contributed by atoms with Gasteiger partial charge in [0, 0.05) is 29.1 Å². The van der Waals surface area contributed by atoms with E-state index in [-0.39, 0.29) is 70.0 Å². The minimum absolute atomic E-state index is 0.0182. The summed E-state index contributed by atoms with van der Waals surface area (Å²) in [7, 11) is 0. The molecular weight excluding hydrogens is 583 g/mol. The number of carbonyl (C=O) groups is 3. The monoisotopic (exact) mass is 615 g/mol. The van der Waals surface area contributed by atoms with E-state index in [2.05, 4.69) is 4.98 Å². The number of aromatic amines is 1. The number of hydrogen-bond acceptors (Lipinski definition) is 7. The maximum Gasteiger partial charge on any atom is 0.305 e. The molecule has 5 aliphatic rings. The lowest BCUT2D eigenvalue weighted by Crippen LogP contribution is -2.42. The van der Waals surface area contributed by atoms with Gasteiger partial charge in [-0.3, -0.25) is 24.1 Å². The molecule has 43 heavy (non-hydrogen) atoms. The number of thioether (sulfide) groups is 1. The highest BCUT2D eigenvalue weighted by molar-refractivity contribution is 8.00. The normalized spacial score (nSPS) is 30.8. The van der Waals surface area contributed by atoms with Crippen LogP contribution in [0.4, 0.5) is 5.69 Å². The van der Waals surface area contributed by atoms with Crippen LogP contribution in [0.3, 0.4) is 0 Å². The molecule has 4 fully saturated rings. The molecule has 8 nitrogen and oxygen atoms in total. The third-order valence-corrected chi connectivity index (χ3v) is 12.9. The third kappa shape index (κ3) is 4.31. The van der Waals surface area contributed by atoms with Gasteiger partial charge in [0.2, 0.25) is 11.8 Å². The largest absolute Gasteiger partial charge is 0.484 e. The van der Waals surface area contributed by atoms with E-state index in [4.69, 9.17) is 4.74 Å². The lowest BCUT2D eigenvalue weighted by molar-refractivity contribution is -0.134. The molecule has 2 aromatic carbocycles. The molecule has 222 valence electrons. The number of nitrogens with zero attached hydrogens (tertiary/aromatic N) is 2. The Balaban J connectivity index is 1.08. The highest BCUT2D eigenvalue weighted by Crippen LogP contribution is 2.68. The Labute approximate surface area is 257 Å². The Morgan fingerprint density at radius 3 is 2.35 bits per heavy atom. The molecule has 3 aromatic rings. The van der Waals surface area contributed by atoms with Gasteiger partial charge < -0.3 is 14.6 Å². The highest BCUT2D eigenvalue weighted by atomic mass is 32.2. The maximum absolute atomic E-state index is 13.9. The van der Waals surface area contributed by atoms with Crippen molar-refractivity contribution in [1.29, 1.82) is 0 Å². The van der Waals surface area contributed by atoms with E-state index in [0.717, 1.165) is 53.4 Å². The number of anilines is 1. The summed E-state index contributed by atoms with van der Waals surface area (Å²) in [5.74, 6) is 0.0837. The topological polar surface area (TPSA) is 99.8 Å². The minimum atomic E-state index is -0.330. The number of aryl methyl sites for hydroxylation is 1. The number of carbonyl (C=O) groups excluding carboxylic acids is 3. The summed E-state index contributed by atoms with van der Waals surface area (Å²) in [5.41, 5.74) is 2.80. The van der Waals surface area contributed by atoms with Crippen LogP contribution in [0.1, 0.15) is 47.6 Å². The second kappa shape index (κ2) is 10.4. The molecule has 0 radical (unpaired) electrons. The molecule has 2 saturated heterocycles.